The molecule has 114 valence electrons. The fourth-order valence-electron chi connectivity index (χ4n) is 1.56. The average molecular weight is 324 g/mol. The average Bonchev–Trinajstić information content (AvgIpc) is 2.52. The lowest BCUT2D eigenvalue weighted by Gasteiger charge is -2.07. The van der Waals surface area contributed by atoms with Crippen molar-refractivity contribution in [1.82, 2.24) is 4.98 Å². The molecule has 1 aromatic carbocycles. The molecule has 0 atom stereocenters. The zero-order chi connectivity index (χ0) is 16.0. The van der Waals surface area contributed by atoms with Gasteiger partial charge in [-0.3, -0.25) is 0 Å². The SMILES string of the molecule is N#Cc1ccc(OCCSc2ccc(C(F)(F)F)cn2)cc1. The Morgan fingerprint density at radius 1 is 1.14 bits per heavy atom. The molecule has 2 rings (SSSR count). The molecule has 0 spiro atoms. The van der Waals surface area contributed by atoms with Gasteiger partial charge in [0.1, 0.15) is 5.75 Å². The van der Waals surface area contributed by atoms with Crippen LogP contribution in [0.4, 0.5) is 13.2 Å². The molecule has 0 aliphatic heterocycles. The summed E-state index contributed by atoms with van der Waals surface area (Å²) >= 11 is 1.31. The van der Waals surface area contributed by atoms with Crippen LogP contribution in [0.3, 0.4) is 0 Å². The second-order valence-electron chi connectivity index (χ2n) is 4.22. The normalized spacial score (nSPS) is 11.0. The van der Waals surface area contributed by atoms with E-state index in [1.165, 1.54) is 17.8 Å². The van der Waals surface area contributed by atoms with E-state index in [1.807, 2.05) is 6.07 Å². The molecule has 0 radical (unpaired) electrons. The topological polar surface area (TPSA) is 45.9 Å². The van der Waals surface area contributed by atoms with Crippen LogP contribution in [-0.4, -0.2) is 17.3 Å². The molecule has 2 aromatic rings. The fourth-order valence-corrected chi connectivity index (χ4v) is 2.23. The summed E-state index contributed by atoms with van der Waals surface area (Å²) in [7, 11) is 0. The molecule has 0 saturated carbocycles. The largest absolute Gasteiger partial charge is 0.493 e. The summed E-state index contributed by atoms with van der Waals surface area (Å²) in [5, 5.41) is 9.18. The number of hydrogen-bond acceptors (Lipinski definition) is 4. The minimum atomic E-state index is -4.37. The zero-order valence-electron chi connectivity index (χ0n) is 11.3. The zero-order valence-corrected chi connectivity index (χ0v) is 12.1. The van der Waals surface area contributed by atoms with Gasteiger partial charge >= 0.3 is 6.18 Å². The molecule has 22 heavy (non-hydrogen) atoms. The molecule has 1 aromatic heterocycles. The van der Waals surface area contributed by atoms with Crippen molar-refractivity contribution in [2.45, 2.75) is 11.2 Å². The number of ether oxygens (including phenoxy) is 1. The van der Waals surface area contributed by atoms with Crippen LogP contribution >= 0.6 is 11.8 Å². The van der Waals surface area contributed by atoms with Crippen LogP contribution in [0.15, 0.2) is 47.6 Å². The van der Waals surface area contributed by atoms with Gasteiger partial charge in [-0.2, -0.15) is 18.4 Å². The Morgan fingerprint density at radius 3 is 2.41 bits per heavy atom. The van der Waals surface area contributed by atoms with Crippen molar-refractivity contribution >= 4 is 11.8 Å². The van der Waals surface area contributed by atoms with Crippen molar-refractivity contribution in [1.29, 1.82) is 5.26 Å². The third-order valence-corrected chi connectivity index (χ3v) is 3.56. The molecule has 0 aliphatic carbocycles. The number of aromatic nitrogens is 1. The van der Waals surface area contributed by atoms with Crippen LogP contribution in [0.2, 0.25) is 0 Å². The highest BCUT2D eigenvalue weighted by Gasteiger charge is 2.30. The maximum Gasteiger partial charge on any atom is 0.417 e. The molecule has 0 saturated heterocycles. The van der Waals surface area contributed by atoms with E-state index in [4.69, 9.17) is 10.00 Å². The van der Waals surface area contributed by atoms with E-state index < -0.39 is 11.7 Å². The van der Waals surface area contributed by atoms with Gasteiger partial charge in [-0.15, -0.1) is 11.8 Å². The number of hydrogen-bond donors (Lipinski definition) is 0. The molecule has 0 unspecified atom stereocenters. The Hall–Kier alpha value is -2.20. The third-order valence-electron chi connectivity index (χ3n) is 2.65. The second-order valence-corrected chi connectivity index (χ2v) is 5.33. The van der Waals surface area contributed by atoms with Crippen LogP contribution in [0.25, 0.3) is 0 Å². The van der Waals surface area contributed by atoms with Crippen molar-refractivity contribution < 1.29 is 17.9 Å². The van der Waals surface area contributed by atoms with Gasteiger partial charge in [0.25, 0.3) is 0 Å². The molecular formula is C15H11F3N2OS. The van der Waals surface area contributed by atoms with Crippen LogP contribution in [0.5, 0.6) is 5.75 Å². The summed E-state index contributed by atoms with van der Waals surface area (Å²) in [6, 6.07) is 11.1. The number of pyridine rings is 1. The third kappa shape index (κ3) is 4.67. The van der Waals surface area contributed by atoms with Crippen LogP contribution < -0.4 is 4.74 Å². The monoisotopic (exact) mass is 324 g/mol. The smallest absolute Gasteiger partial charge is 0.417 e. The predicted octanol–water partition coefficient (Wildman–Crippen LogP) is 4.14. The first kappa shape index (κ1) is 16.2. The molecule has 0 aliphatic rings. The lowest BCUT2D eigenvalue weighted by atomic mass is 10.2. The van der Waals surface area contributed by atoms with Gasteiger partial charge in [0.05, 0.1) is 28.8 Å². The lowest BCUT2D eigenvalue weighted by molar-refractivity contribution is -0.137. The molecular weight excluding hydrogens is 313 g/mol. The highest BCUT2D eigenvalue weighted by molar-refractivity contribution is 7.99. The van der Waals surface area contributed by atoms with E-state index >= 15 is 0 Å². The number of nitriles is 1. The number of rotatable bonds is 5. The Labute approximate surface area is 129 Å². The quantitative estimate of drug-likeness (QED) is 0.612. The van der Waals surface area contributed by atoms with Gasteiger partial charge in [-0.05, 0) is 36.4 Å². The predicted molar refractivity (Wildman–Crippen MR) is 76.6 cm³/mol. The van der Waals surface area contributed by atoms with Crippen LogP contribution in [-0.2, 0) is 6.18 Å². The first-order valence-electron chi connectivity index (χ1n) is 6.28. The first-order valence-corrected chi connectivity index (χ1v) is 7.26. The van der Waals surface area contributed by atoms with Gasteiger partial charge in [0, 0.05) is 11.9 Å². The van der Waals surface area contributed by atoms with E-state index in [2.05, 4.69) is 4.98 Å². The highest BCUT2D eigenvalue weighted by Crippen LogP contribution is 2.29. The van der Waals surface area contributed by atoms with Gasteiger partial charge in [0.15, 0.2) is 0 Å². The van der Waals surface area contributed by atoms with E-state index in [-0.39, 0.29) is 0 Å². The summed E-state index contributed by atoms with van der Waals surface area (Å²) in [6.07, 6.45) is -3.54. The number of benzene rings is 1. The maximum atomic E-state index is 12.4. The number of alkyl halides is 3. The van der Waals surface area contributed by atoms with Crippen molar-refractivity contribution in [2.24, 2.45) is 0 Å². The minimum Gasteiger partial charge on any atom is -0.493 e. The summed E-state index contributed by atoms with van der Waals surface area (Å²) in [6.45, 7) is 0.388. The van der Waals surface area contributed by atoms with Crippen LogP contribution in [0, 0.1) is 11.3 Å². The molecule has 1 heterocycles. The summed E-state index contributed by atoms with van der Waals surface area (Å²) in [5.74, 6) is 1.19. The van der Waals surface area contributed by atoms with Gasteiger partial charge in [-0.1, -0.05) is 0 Å². The molecule has 0 bridgehead atoms. The first-order chi connectivity index (χ1) is 10.5. The van der Waals surface area contributed by atoms with Crippen LogP contribution in [0.1, 0.15) is 11.1 Å². The lowest BCUT2D eigenvalue weighted by Crippen LogP contribution is -2.05. The Morgan fingerprint density at radius 2 is 1.86 bits per heavy atom. The number of halogens is 3. The van der Waals surface area contributed by atoms with Gasteiger partial charge < -0.3 is 4.74 Å². The van der Waals surface area contributed by atoms with E-state index in [0.717, 1.165) is 12.3 Å². The number of thioether (sulfide) groups is 1. The molecule has 3 nitrogen and oxygen atoms in total. The highest BCUT2D eigenvalue weighted by atomic mass is 32.2. The van der Waals surface area contributed by atoms with E-state index in [0.29, 0.717) is 28.7 Å². The number of nitrogens with zero attached hydrogens (tertiary/aromatic N) is 2. The van der Waals surface area contributed by atoms with Gasteiger partial charge in [-0.25, -0.2) is 4.98 Å². The standard InChI is InChI=1S/C15H11F3N2OS/c16-15(17,18)12-3-6-14(20-10-12)22-8-7-21-13-4-1-11(9-19)2-5-13/h1-6,10H,7-8H2. The van der Waals surface area contributed by atoms with E-state index in [9.17, 15) is 13.2 Å². The molecule has 0 fully saturated rings. The Kier molecular flexibility index (Phi) is 5.28. The molecule has 7 heteroatoms. The van der Waals surface area contributed by atoms with Crippen molar-refractivity contribution in [2.75, 3.05) is 12.4 Å². The van der Waals surface area contributed by atoms with Crippen molar-refractivity contribution in [3.05, 3.63) is 53.7 Å². The van der Waals surface area contributed by atoms with Crippen molar-refractivity contribution in [3.63, 3.8) is 0 Å². The molecule has 0 N–H and O–H groups in total. The second kappa shape index (κ2) is 7.18. The summed E-state index contributed by atoms with van der Waals surface area (Å²) in [4.78, 5) is 3.76. The maximum absolute atomic E-state index is 12.4. The van der Waals surface area contributed by atoms with Crippen molar-refractivity contribution in [3.8, 4) is 11.8 Å². The molecule has 0 amide bonds. The fraction of sp³-hybridized carbons (Fsp3) is 0.200. The summed E-state index contributed by atoms with van der Waals surface area (Å²) in [5.41, 5.74) is -0.207. The van der Waals surface area contributed by atoms with E-state index in [1.54, 1.807) is 24.3 Å². The van der Waals surface area contributed by atoms with Gasteiger partial charge in [0.2, 0.25) is 0 Å². The minimum absolute atomic E-state index is 0.388. The Bertz CT molecular complexity index is 648. The Balaban J connectivity index is 1.77. The summed E-state index contributed by atoms with van der Waals surface area (Å²) < 4.78 is 42.6.